The fourth-order valence-corrected chi connectivity index (χ4v) is 2.52. The molecule has 0 fully saturated rings. The Bertz CT molecular complexity index is 878. The summed E-state index contributed by atoms with van der Waals surface area (Å²) in [5, 5.41) is 2.62. The van der Waals surface area contributed by atoms with Gasteiger partial charge in [0.15, 0.2) is 6.61 Å². The van der Waals surface area contributed by atoms with Gasteiger partial charge < -0.3 is 29.0 Å². The summed E-state index contributed by atoms with van der Waals surface area (Å²) < 4.78 is 26.2. The van der Waals surface area contributed by atoms with E-state index >= 15 is 0 Å². The van der Waals surface area contributed by atoms with Crippen LogP contribution in [0.1, 0.15) is 12.5 Å². The van der Waals surface area contributed by atoms with Gasteiger partial charge in [-0.15, -0.1) is 0 Å². The van der Waals surface area contributed by atoms with Gasteiger partial charge in [0.05, 0.1) is 27.4 Å². The van der Waals surface area contributed by atoms with E-state index in [0.29, 0.717) is 29.4 Å². The van der Waals surface area contributed by atoms with E-state index in [0.717, 1.165) is 5.75 Å². The molecule has 8 heteroatoms. The number of rotatable bonds is 12. The van der Waals surface area contributed by atoms with Gasteiger partial charge in [0.2, 0.25) is 0 Å². The average Bonchev–Trinajstić information content (AvgIpc) is 2.80. The number of carbonyl (C=O) groups excluding carboxylic acids is 2. The molecule has 0 aromatic heterocycles. The third-order valence-corrected chi connectivity index (χ3v) is 4.01. The number of carbonyl (C=O) groups is 2. The van der Waals surface area contributed by atoms with Crippen molar-refractivity contribution in [3.63, 3.8) is 0 Å². The molecule has 2 aromatic carbocycles. The third-order valence-electron chi connectivity index (χ3n) is 4.01. The molecule has 1 amide bonds. The van der Waals surface area contributed by atoms with Gasteiger partial charge >= 0.3 is 5.97 Å². The van der Waals surface area contributed by atoms with Crippen LogP contribution >= 0.6 is 0 Å². The van der Waals surface area contributed by atoms with Crippen LogP contribution in [0.25, 0.3) is 6.08 Å². The molecule has 31 heavy (non-hydrogen) atoms. The Labute approximate surface area is 181 Å². The highest BCUT2D eigenvalue weighted by Gasteiger charge is 2.06. The van der Waals surface area contributed by atoms with Crippen molar-refractivity contribution in [2.24, 2.45) is 0 Å². The van der Waals surface area contributed by atoms with Gasteiger partial charge in [-0.3, -0.25) is 4.79 Å². The second kappa shape index (κ2) is 12.8. The molecule has 166 valence electrons. The molecule has 0 aliphatic rings. The van der Waals surface area contributed by atoms with Gasteiger partial charge in [-0.1, -0.05) is 0 Å². The lowest BCUT2D eigenvalue weighted by Gasteiger charge is -2.09. The van der Waals surface area contributed by atoms with Crippen molar-refractivity contribution in [1.82, 2.24) is 5.32 Å². The molecule has 2 aromatic rings. The number of hydrogen-bond donors (Lipinski definition) is 1. The van der Waals surface area contributed by atoms with E-state index in [1.54, 1.807) is 37.4 Å². The Hall–Kier alpha value is -3.68. The highest BCUT2D eigenvalue weighted by atomic mass is 16.5. The van der Waals surface area contributed by atoms with E-state index in [2.05, 4.69) is 5.32 Å². The van der Waals surface area contributed by atoms with Gasteiger partial charge in [0.25, 0.3) is 5.91 Å². The van der Waals surface area contributed by atoms with Crippen LogP contribution in [-0.4, -0.2) is 52.5 Å². The van der Waals surface area contributed by atoms with Crippen LogP contribution in [0.15, 0.2) is 48.5 Å². The second-order valence-electron chi connectivity index (χ2n) is 6.15. The molecule has 8 nitrogen and oxygen atoms in total. The first kappa shape index (κ1) is 23.6. The Morgan fingerprint density at radius 3 is 2.26 bits per heavy atom. The van der Waals surface area contributed by atoms with Crippen LogP contribution < -0.4 is 24.3 Å². The summed E-state index contributed by atoms with van der Waals surface area (Å²) in [7, 11) is 3.08. The lowest BCUT2D eigenvalue weighted by atomic mass is 10.1. The summed E-state index contributed by atoms with van der Waals surface area (Å²) in [4.78, 5) is 23.7. The Morgan fingerprint density at radius 2 is 1.61 bits per heavy atom. The van der Waals surface area contributed by atoms with Gasteiger partial charge in [-0.25, -0.2) is 4.79 Å². The maximum atomic E-state index is 11.9. The zero-order valence-electron chi connectivity index (χ0n) is 17.9. The van der Waals surface area contributed by atoms with E-state index in [-0.39, 0.29) is 19.8 Å². The number of ether oxygens (including phenoxy) is 5. The van der Waals surface area contributed by atoms with Crippen LogP contribution in [0.5, 0.6) is 23.0 Å². The molecule has 0 unspecified atom stereocenters. The summed E-state index contributed by atoms with van der Waals surface area (Å²) >= 11 is 0. The van der Waals surface area contributed by atoms with Gasteiger partial charge in [-0.05, 0) is 55.5 Å². The fraction of sp³-hybridized carbons (Fsp3) is 0.304. The SMILES string of the molecule is CCOc1ccc(OCCNC(=O)COC(=O)/C=C/c2cc(OC)ccc2OC)cc1. The van der Waals surface area contributed by atoms with Crippen LogP contribution in [0.2, 0.25) is 0 Å². The highest BCUT2D eigenvalue weighted by molar-refractivity contribution is 5.89. The first-order valence-corrected chi connectivity index (χ1v) is 9.75. The molecular weight excluding hydrogens is 402 g/mol. The summed E-state index contributed by atoms with van der Waals surface area (Å²) in [5.41, 5.74) is 0.648. The van der Waals surface area contributed by atoms with Crippen molar-refractivity contribution in [3.05, 3.63) is 54.1 Å². The van der Waals surface area contributed by atoms with Crippen LogP contribution in [0.4, 0.5) is 0 Å². The summed E-state index contributed by atoms with van der Waals surface area (Å²) in [6.45, 7) is 2.69. The van der Waals surface area contributed by atoms with Crippen LogP contribution in [0, 0.1) is 0 Å². The summed E-state index contributed by atoms with van der Waals surface area (Å²) in [6, 6.07) is 12.4. The van der Waals surface area contributed by atoms with Crippen molar-refractivity contribution >= 4 is 18.0 Å². The number of methoxy groups -OCH3 is 2. The molecule has 0 saturated heterocycles. The quantitative estimate of drug-likeness (QED) is 0.315. The third kappa shape index (κ3) is 8.30. The molecule has 0 aliphatic heterocycles. The lowest BCUT2D eigenvalue weighted by Crippen LogP contribution is -2.31. The van der Waals surface area contributed by atoms with E-state index in [4.69, 9.17) is 23.7 Å². The van der Waals surface area contributed by atoms with Gasteiger partial charge in [0.1, 0.15) is 29.6 Å². The summed E-state index contributed by atoms with van der Waals surface area (Å²) in [6.07, 6.45) is 2.76. The van der Waals surface area contributed by atoms with Crippen molar-refractivity contribution in [1.29, 1.82) is 0 Å². The minimum Gasteiger partial charge on any atom is -0.497 e. The maximum absolute atomic E-state index is 11.9. The first-order valence-electron chi connectivity index (χ1n) is 9.75. The fourth-order valence-electron chi connectivity index (χ4n) is 2.52. The zero-order valence-corrected chi connectivity index (χ0v) is 17.9. The zero-order chi connectivity index (χ0) is 22.5. The number of amides is 1. The molecule has 0 radical (unpaired) electrons. The van der Waals surface area contributed by atoms with Crippen LogP contribution in [0.3, 0.4) is 0 Å². The molecular formula is C23H27NO7. The largest absolute Gasteiger partial charge is 0.497 e. The van der Waals surface area contributed by atoms with Gasteiger partial charge in [-0.2, -0.15) is 0 Å². The molecule has 0 bridgehead atoms. The van der Waals surface area contributed by atoms with Crippen molar-refractivity contribution < 1.29 is 33.3 Å². The van der Waals surface area contributed by atoms with E-state index in [1.165, 1.54) is 19.3 Å². The predicted molar refractivity (Wildman–Crippen MR) is 116 cm³/mol. The predicted octanol–water partition coefficient (Wildman–Crippen LogP) is 2.85. The highest BCUT2D eigenvalue weighted by Crippen LogP contribution is 2.25. The summed E-state index contributed by atoms with van der Waals surface area (Å²) in [5.74, 6) is 1.57. The Morgan fingerprint density at radius 1 is 0.935 bits per heavy atom. The Balaban J connectivity index is 1.69. The van der Waals surface area contributed by atoms with Crippen molar-refractivity contribution in [2.45, 2.75) is 6.92 Å². The maximum Gasteiger partial charge on any atom is 0.331 e. The molecule has 2 rings (SSSR count). The molecule has 0 atom stereocenters. The number of benzene rings is 2. The minimum atomic E-state index is -0.648. The first-order chi connectivity index (χ1) is 15.0. The average molecular weight is 429 g/mol. The standard InChI is InChI=1S/C23H27NO7/c1-4-29-18-6-8-19(9-7-18)30-14-13-24-22(25)16-31-23(26)12-5-17-15-20(27-2)10-11-21(17)28-3/h5-12,15H,4,13-14,16H2,1-3H3,(H,24,25)/b12-5+. The molecule has 0 saturated carbocycles. The minimum absolute atomic E-state index is 0.278. The topological polar surface area (TPSA) is 92.3 Å². The molecule has 0 aliphatic carbocycles. The van der Waals surface area contributed by atoms with Gasteiger partial charge in [0, 0.05) is 11.6 Å². The van der Waals surface area contributed by atoms with Crippen molar-refractivity contribution in [3.8, 4) is 23.0 Å². The molecule has 0 spiro atoms. The van der Waals surface area contributed by atoms with E-state index in [1.807, 2.05) is 19.1 Å². The number of nitrogens with one attached hydrogen (secondary N) is 1. The molecule has 0 heterocycles. The lowest BCUT2D eigenvalue weighted by molar-refractivity contribution is -0.143. The van der Waals surface area contributed by atoms with Crippen LogP contribution in [-0.2, 0) is 14.3 Å². The second-order valence-corrected chi connectivity index (χ2v) is 6.15. The Kier molecular flexibility index (Phi) is 9.74. The molecule has 1 N–H and O–H groups in total. The normalized spacial score (nSPS) is 10.4. The van der Waals surface area contributed by atoms with Crippen molar-refractivity contribution in [2.75, 3.05) is 40.6 Å². The van der Waals surface area contributed by atoms with E-state index < -0.39 is 11.9 Å². The van der Waals surface area contributed by atoms with E-state index in [9.17, 15) is 9.59 Å². The smallest absolute Gasteiger partial charge is 0.331 e. The monoisotopic (exact) mass is 429 g/mol. The number of hydrogen-bond acceptors (Lipinski definition) is 7. The number of esters is 1.